The van der Waals surface area contributed by atoms with Crippen molar-refractivity contribution in [2.45, 2.75) is 4.21 Å². The van der Waals surface area contributed by atoms with E-state index >= 15 is 0 Å². The first-order chi connectivity index (χ1) is 8.17. The lowest BCUT2D eigenvalue weighted by atomic mass is 10.3. The van der Waals surface area contributed by atoms with Gasteiger partial charge in [-0.15, -0.1) is 29.7 Å². The van der Waals surface area contributed by atoms with Gasteiger partial charge in [0.05, 0.1) is 14.4 Å². The molecule has 6 heteroatoms. The Labute approximate surface area is 105 Å². The highest BCUT2D eigenvalue weighted by molar-refractivity contribution is 8.01. The van der Waals surface area contributed by atoms with Gasteiger partial charge in [0.15, 0.2) is 0 Å². The first-order valence-electron chi connectivity index (χ1n) is 4.70. The molecule has 17 heavy (non-hydrogen) atoms. The third-order valence-electron chi connectivity index (χ3n) is 2.07. The Balaban J connectivity index is 2.71. The fourth-order valence-corrected chi connectivity index (χ4v) is 3.50. The number of hydrogen-bond acceptors (Lipinski definition) is 5. The van der Waals surface area contributed by atoms with Crippen LogP contribution in [-0.2, 0) is 0 Å². The van der Waals surface area contributed by atoms with E-state index in [1.54, 1.807) is 6.08 Å². The SMILES string of the molecule is C=CCSc1sc2c(O)cc(=O)[nH]c2c1C#N. The molecule has 0 radical (unpaired) electrons. The number of H-pyrrole nitrogens is 1. The molecule has 0 spiro atoms. The number of rotatable bonds is 3. The van der Waals surface area contributed by atoms with Crippen LogP contribution >= 0.6 is 23.1 Å². The number of nitrogens with zero attached hydrogens (tertiary/aromatic N) is 1. The molecule has 0 aliphatic heterocycles. The van der Waals surface area contributed by atoms with E-state index in [1.165, 1.54) is 23.1 Å². The van der Waals surface area contributed by atoms with Crippen molar-refractivity contribution in [3.05, 3.63) is 34.6 Å². The third-order valence-corrected chi connectivity index (χ3v) is 4.55. The van der Waals surface area contributed by atoms with Gasteiger partial charge in [-0.2, -0.15) is 5.26 Å². The summed E-state index contributed by atoms with van der Waals surface area (Å²) in [6, 6.07) is 3.17. The molecule has 2 rings (SSSR count). The minimum atomic E-state index is -0.412. The smallest absolute Gasteiger partial charge is 0.252 e. The normalized spacial score (nSPS) is 10.3. The van der Waals surface area contributed by atoms with Gasteiger partial charge in [0.1, 0.15) is 17.4 Å². The van der Waals surface area contributed by atoms with Crippen molar-refractivity contribution in [1.82, 2.24) is 4.98 Å². The van der Waals surface area contributed by atoms with E-state index in [9.17, 15) is 9.90 Å². The standard InChI is InChI=1S/C11H8N2O2S2/c1-2-3-16-11-6(5-12)9-10(17-11)7(14)4-8(15)13-9/h2,4H,1,3H2,(H2,13,14,15). The number of nitrogens with one attached hydrogen (secondary N) is 1. The molecule has 86 valence electrons. The van der Waals surface area contributed by atoms with Crippen molar-refractivity contribution >= 4 is 33.3 Å². The Bertz CT molecular complexity index is 679. The molecule has 0 saturated heterocycles. The molecule has 0 bridgehead atoms. The minimum absolute atomic E-state index is 0.0873. The zero-order valence-electron chi connectivity index (χ0n) is 8.69. The highest BCUT2D eigenvalue weighted by Gasteiger charge is 2.15. The highest BCUT2D eigenvalue weighted by Crippen LogP contribution is 2.39. The molecule has 0 atom stereocenters. The lowest BCUT2D eigenvalue weighted by Crippen LogP contribution is -2.02. The molecule has 2 aromatic rings. The van der Waals surface area contributed by atoms with Crippen LogP contribution in [0.5, 0.6) is 5.75 Å². The molecule has 2 heterocycles. The van der Waals surface area contributed by atoms with E-state index in [1.807, 2.05) is 0 Å². The van der Waals surface area contributed by atoms with Crippen LogP contribution in [0.1, 0.15) is 5.56 Å². The summed E-state index contributed by atoms with van der Waals surface area (Å²) in [7, 11) is 0. The molecule has 2 N–H and O–H groups in total. The van der Waals surface area contributed by atoms with Gasteiger partial charge < -0.3 is 10.1 Å². The summed E-state index contributed by atoms with van der Waals surface area (Å²) >= 11 is 2.75. The number of thioether (sulfide) groups is 1. The van der Waals surface area contributed by atoms with Gasteiger partial charge in [-0.25, -0.2) is 0 Å². The summed E-state index contributed by atoms with van der Waals surface area (Å²) < 4.78 is 1.31. The Morgan fingerprint density at radius 2 is 2.47 bits per heavy atom. The Hall–Kier alpha value is -1.71. The second-order valence-corrected chi connectivity index (χ2v) is 5.51. The van der Waals surface area contributed by atoms with Crippen molar-refractivity contribution in [2.24, 2.45) is 0 Å². The summed E-state index contributed by atoms with van der Waals surface area (Å²) in [5.41, 5.74) is 0.406. The molecule has 0 aliphatic carbocycles. The Kier molecular flexibility index (Phi) is 3.22. The zero-order valence-corrected chi connectivity index (χ0v) is 10.3. The third kappa shape index (κ3) is 2.07. The molecule has 2 aromatic heterocycles. The summed E-state index contributed by atoms with van der Waals surface area (Å²) in [5.74, 6) is 0.586. The monoisotopic (exact) mass is 264 g/mol. The van der Waals surface area contributed by atoms with Crippen molar-refractivity contribution < 1.29 is 5.11 Å². The molecule has 0 aromatic carbocycles. The van der Waals surface area contributed by atoms with Crippen molar-refractivity contribution in [2.75, 3.05) is 5.75 Å². The number of pyridine rings is 1. The van der Waals surface area contributed by atoms with E-state index in [2.05, 4.69) is 17.6 Å². The van der Waals surface area contributed by atoms with Gasteiger partial charge in [0, 0.05) is 11.8 Å². The predicted octanol–water partition coefficient (Wildman–Crippen LogP) is 2.44. The number of aromatic nitrogens is 1. The first kappa shape index (κ1) is 11.8. The second kappa shape index (κ2) is 4.65. The topological polar surface area (TPSA) is 76.9 Å². The molecular weight excluding hydrogens is 256 g/mol. The van der Waals surface area contributed by atoms with Gasteiger partial charge in [-0.05, 0) is 0 Å². The number of fused-ring (bicyclic) bond motifs is 1. The van der Waals surface area contributed by atoms with E-state index in [-0.39, 0.29) is 5.75 Å². The lowest BCUT2D eigenvalue weighted by Gasteiger charge is -1.93. The highest BCUT2D eigenvalue weighted by atomic mass is 32.2. The predicted molar refractivity (Wildman–Crippen MR) is 69.7 cm³/mol. The van der Waals surface area contributed by atoms with Crippen molar-refractivity contribution in [1.29, 1.82) is 5.26 Å². The van der Waals surface area contributed by atoms with E-state index < -0.39 is 5.56 Å². The van der Waals surface area contributed by atoms with Gasteiger partial charge in [0.25, 0.3) is 5.56 Å². The summed E-state index contributed by atoms with van der Waals surface area (Å²) in [5, 5.41) is 18.8. The summed E-state index contributed by atoms with van der Waals surface area (Å²) in [6.45, 7) is 3.61. The lowest BCUT2D eigenvalue weighted by molar-refractivity contribution is 0.481. The van der Waals surface area contributed by atoms with Gasteiger partial charge in [0.2, 0.25) is 0 Å². The Morgan fingerprint density at radius 3 is 3.12 bits per heavy atom. The number of hydrogen-bond donors (Lipinski definition) is 2. The molecule has 4 nitrogen and oxygen atoms in total. The molecule has 0 unspecified atom stereocenters. The minimum Gasteiger partial charge on any atom is -0.506 e. The molecular formula is C11H8N2O2S2. The van der Waals surface area contributed by atoms with E-state index in [0.29, 0.717) is 21.5 Å². The fourth-order valence-electron chi connectivity index (χ4n) is 1.40. The maximum Gasteiger partial charge on any atom is 0.252 e. The van der Waals surface area contributed by atoms with Gasteiger partial charge >= 0.3 is 0 Å². The largest absolute Gasteiger partial charge is 0.506 e. The van der Waals surface area contributed by atoms with Crippen molar-refractivity contribution in [3.8, 4) is 11.8 Å². The molecule has 0 fully saturated rings. The average Bonchev–Trinajstić information content (AvgIpc) is 2.64. The van der Waals surface area contributed by atoms with Crippen molar-refractivity contribution in [3.63, 3.8) is 0 Å². The number of aromatic amines is 1. The number of nitriles is 1. The van der Waals surface area contributed by atoms with Crippen LogP contribution in [0.15, 0.2) is 27.7 Å². The van der Waals surface area contributed by atoms with E-state index in [4.69, 9.17) is 5.26 Å². The molecule has 0 amide bonds. The zero-order chi connectivity index (χ0) is 12.4. The quantitative estimate of drug-likeness (QED) is 0.659. The van der Waals surface area contributed by atoms with Crippen LogP contribution in [0.4, 0.5) is 0 Å². The van der Waals surface area contributed by atoms with Crippen LogP contribution in [0.25, 0.3) is 10.2 Å². The second-order valence-electron chi connectivity index (χ2n) is 3.20. The van der Waals surface area contributed by atoms with Crippen LogP contribution in [0.3, 0.4) is 0 Å². The summed E-state index contributed by atoms with van der Waals surface area (Å²) in [6.07, 6.45) is 1.73. The first-order valence-corrected chi connectivity index (χ1v) is 6.50. The average molecular weight is 264 g/mol. The summed E-state index contributed by atoms with van der Waals surface area (Å²) in [4.78, 5) is 13.8. The van der Waals surface area contributed by atoms with Gasteiger partial charge in [-0.1, -0.05) is 6.08 Å². The maximum absolute atomic E-state index is 11.3. The molecule has 0 aliphatic rings. The fraction of sp³-hybridized carbons (Fsp3) is 0.0909. The Morgan fingerprint density at radius 1 is 1.71 bits per heavy atom. The van der Waals surface area contributed by atoms with Crippen LogP contribution in [-0.4, -0.2) is 15.8 Å². The van der Waals surface area contributed by atoms with E-state index in [0.717, 1.165) is 10.3 Å². The molecule has 0 saturated carbocycles. The van der Waals surface area contributed by atoms with Crippen LogP contribution in [0.2, 0.25) is 0 Å². The maximum atomic E-state index is 11.3. The van der Waals surface area contributed by atoms with Gasteiger partial charge in [-0.3, -0.25) is 4.79 Å². The number of thiophene rings is 1. The number of aromatic hydroxyl groups is 1. The van der Waals surface area contributed by atoms with Crippen LogP contribution in [0, 0.1) is 11.3 Å². The van der Waals surface area contributed by atoms with Crippen LogP contribution < -0.4 is 5.56 Å².